The number of nitrogens with one attached hydrogen (secondary N) is 1. The highest BCUT2D eigenvalue weighted by atomic mass is 35.5. The number of amides is 1. The van der Waals surface area contributed by atoms with E-state index in [0.717, 1.165) is 5.56 Å². The Balaban J connectivity index is 1.65. The number of benzene rings is 2. The van der Waals surface area contributed by atoms with Crippen molar-refractivity contribution in [2.24, 2.45) is 0 Å². The summed E-state index contributed by atoms with van der Waals surface area (Å²) in [6, 6.07) is 12.9. The van der Waals surface area contributed by atoms with Gasteiger partial charge in [0.1, 0.15) is 6.61 Å². The number of halogens is 3. The highest BCUT2D eigenvalue weighted by molar-refractivity contribution is 7.12. The second kappa shape index (κ2) is 7.87. The second-order valence-electron chi connectivity index (χ2n) is 5.09. The smallest absolute Gasteiger partial charge is 0.265 e. The van der Waals surface area contributed by atoms with Crippen molar-refractivity contribution < 1.29 is 13.9 Å². The molecule has 0 saturated heterocycles. The molecule has 3 aromatic rings. The van der Waals surface area contributed by atoms with Gasteiger partial charge in [0.05, 0.1) is 20.6 Å². The molecule has 0 aliphatic rings. The van der Waals surface area contributed by atoms with Crippen molar-refractivity contribution in [2.75, 3.05) is 5.32 Å². The quantitative estimate of drug-likeness (QED) is 0.572. The molecule has 0 atom stereocenters. The summed E-state index contributed by atoms with van der Waals surface area (Å²) < 4.78 is 19.0. The highest BCUT2D eigenvalue weighted by Gasteiger charge is 2.13. The maximum absolute atomic E-state index is 13.5. The van der Waals surface area contributed by atoms with Gasteiger partial charge in [-0.25, -0.2) is 4.39 Å². The number of para-hydroxylation sites is 1. The van der Waals surface area contributed by atoms with Gasteiger partial charge in [0.25, 0.3) is 5.91 Å². The van der Waals surface area contributed by atoms with Crippen molar-refractivity contribution in [3.05, 3.63) is 80.2 Å². The van der Waals surface area contributed by atoms with Crippen LogP contribution in [0.1, 0.15) is 15.2 Å². The largest absolute Gasteiger partial charge is 0.486 e. The van der Waals surface area contributed by atoms with Crippen molar-refractivity contribution in [2.45, 2.75) is 6.61 Å². The SMILES string of the molecule is O=C(Nc1cccc(Cl)c1Cl)c1cc(COc2ccccc2F)cs1. The van der Waals surface area contributed by atoms with Crippen LogP contribution in [0, 0.1) is 5.82 Å². The molecule has 25 heavy (non-hydrogen) atoms. The fourth-order valence-electron chi connectivity index (χ4n) is 2.08. The summed E-state index contributed by atoms with van der Waals surface area (Å²) in [5, 5.41) is 5.16. The average molecular weight is 396 g/mol. The first-order chi connectivity index (χ1) is 12.0. The Hall–Kier alpha value is -2.08. The van der Waals surface area contributed by atoms with E-state index in [4.69, 9.17) is 27.9 Å². The number of hydrogen-bond acceptors (Lipinski definition) is 3. The lowest BCUT2D eigenvalue weighted by atomic mass is 10.3. The summed E-state index contributed by atoms with van der Waals surface area (Å²) >= 11 is 13.3. The molecule has 0 aliphatic carbocycles. The topological polar surface area (TPSA) is 38.3 Å². The second-order valence-corrected chi connectivity index (χ2v) is 6.79. The zero-order valence-corrected chi connectivity index (χ0v) is 15.1. The summed E-state index contributed by atoms with van der Waals surface area (Å²) in [6.45, 7) is 0.169. The molecule has 0 spiro atoms. The molecule has 1 aromatic heterocycles. The molecule has 0 saturated carbocycles. The van der Waals surface area contributed by atoms with Crippen LogP contribution >= 0.6 is 34.5 Å². The minimum atomic E-state index is -0.425. The Bertz CT molecular complexity index is 914. The van der Waals surface area contributed by atoms with Crippen LogP contribution < -0.4 is 10.1 Å². The Morgan fingerprint density at radius 1 is 1.16 bits per heavy atom. The van der Waals surface area contributed by atoms with Crippen LogP contribution in [-0.2, 0) is 6.61 Å². The zero-order valence-electron chi connectivity index (χ0n) is 12.8. The molecule has 1 heterocycles. The summed E-state index contributed by atoms with van der Waals surface area (Å²) in [5.74, 6) is -0.553. The summed E-state index contributed by atoms with van der Waals surface area (Å²) in [6.07, 6.45) is 0. The summed E-state index contributed by atoms with van der Waals surface area (Å²) in [4.78, 5) is 12.8. The first-order valence-corrected chi connectivity index (χ1v) is 8.88. The Morgan fingerprint density at radius 2 is 1.96 bits per heavy atom. The van der Waals surface area contributed by atoms with E-state index < -0.39 is 5.82 Å². The molecule has 0 unspecified atom stereocenters. The Morgan fingerprint density at radius 3 is 2.76 bits per heavy atom. The maximum atomic E-state index is 13.5. The van der Waals surface area contributed by atoms with Gasteiger partial charge in [0, 0.05) is 5.56 Å². The van der Waals surface area contributed by atoms with Crippen molar-refractivity contribution >= 4 is 46.1 Å². The molecule has 2 aromatic carbocycles. The number of ether oxygens (including phenoxy) is 1. The van der Waals surface area contributed by atoms with Gasteiger partial charge in [0.2, 0.25) is 0 Å². The average Bonchev–Trinajstić information content (AvgIpc) is 3.07. The lowest BCUT2D eigenvalue weighted by Crippen LogP contribution is -2.10. The number of rotatable bonds is 5. The van der Waals surface area contributed by atoms with Gasteiger partial charge in [-0.1, -0.05) is 41.4 Å². The van der Waals surface area contributed by atoms with E-state index in [9.17, 15) is 9.18 Å². The molecule has 0 aliphatic heterocycles. The lowest BCUT2D eigenvalue weighted by molar-refractivity contribution is 0.103. The molecule has 1 amide bonds. The van der Waals surface area contributed by atoms with Gasteiger partial charge in [-0.2, -0.15) is 0 Å². The van der Waals surface area contributed by atoms with E-state index in [2.05, 4.69) is 5.32 Å². The van der Waals surface area contributed by atoms with E-state index in [1.165, 1.54) is 17.4 Å². The van der Waals surface area contributed by atoms with Crippen molar-refractivity contribution in [1.82, 2.24) is 0 Å². The van der Waals surface area contributed by atoms with Crippen LogP contribution in [0.2, 0.25) is 10.0 Å². The normalized spacial score (nSPS) is 10.5. The molecule has 3 rings (SSSR count). The van der Waals surface area contributed by atoms with Gasteiger partial charge >= 0.3 is 0 Å². The molecule has 1 N–H and O–H groups in total. The monoisotopic (exact) mass is 395 g/mol. The van der Waals surface area contributed by atoms with E-state index in [0.29, 0.717) is 15.6 Å². The van der Waals surface area contributed by atoms with Crippen LogP contribution in [0.4, 0.5) is 10.1 Å². The number of carbonyl (C=O) groups is 1. The molecule has 0 fully saturated rings. The highest BCUT2D eigenvalue weighted by Crippen LogP contribution is 2.30. The number of thiophene rings is 1. The molecule has 128 valence electrons. The molecule has 7 heteroatoms. The molecular formula is C18H12Cl2FNO2S. The minimum Gasteiger partial charge on any atom is -0.486 e. The standard InChI is InChI=1S/C18H12Cl2FNO2S/c19-12-4-3-6-14(17(12)20)22-18(23)16-8-11(10-25-16)9-24-15-7-2-1-5-13(15)21/h1-8,10H,9H2,(H,22,23). The van der Waals surface area contributed by atoms with Crippen molar-refractivity contribution in [3.63, 3.8) is 0 Å². The molecule has 3 nitrogen and oxygen atoms in total. The summed E-state index contributed by atoms with van der Waals surface area (Å²) in [5.41, 5.74) is 1.22. The van der Waals surface area contributed by atoms with Gasteiger partial charge in [-0.3, -0.25) is 4.79 Å². The number of anilines is 1. The van der Waals surface area contributed by atoms with Crippen LogP contribution in [0.25, 0.3) is 0 Å². The third-order valence-corrected chi connectivity index (χ3v) is 5.11. The van der Waals surface area contributed by atoms with Gasteiger partial charge in [-0.15, -0.1) is 11.3 Å². The van der Waals surface area contributed by atoms with Crippen LogP contribution in [0.15, 0.2) is 53.9 Å². The number of carbonyl (C=O) groups excluding carboxylic acids is 1. The molecule has 0 radical (unpaired) electrons. The van der Waals surface area contributed by atoms with Gasteiger partial charge in [0.15, 0.2) is 11.6 Å². The van der Waals surface area contributed by atoms with Crippen LogP contribution in [0.5, 0.6) is 5.75 Å². The fourth-order valence-corrected chi connectivity index (χ4v) is 3.22. The van der Waals surface area contributed by atoms with Crippen LogP contribution in [-0.4, -0.2) is 5.91 Å². The van der Waals surface area contributed by atoms with Crippen molar-refractivity contribution in [1.29, 1.82) is 0 Å². The predicted molar refractivity (Wildman–Crippen MR) is 99.5 cm³/mol. The number of hydrogen-bond donors (Lipinski definition) is 1. The Kier molecular flexibility index (Phi) is 5.58. The summed E-state index contributed by atoms with van der Waals surface area (Å²) in [7, 11) is 0. The van der Waals surface area contributed by atoms with E-state index >= 15 is 0 Å². The lowest BCUT2D eigenvalue weighted by Gasteiger charge is -2.07. The Labute approximate surface area is 158 Å². The predicted octanol–water partition coefficient (Wildman–Crippen LogP) is 6.03. The van der Waals surface area contributed by atoms with Gasteiger partial charge < -0.3 is 10.1 Å². The first kappa shape index (κ1) is 17.7. The van der Waals surface area contributed by atoms with E-state index in [-0.39, 0.29) is 23.3 Å². The van der Waals surface area contributed by atoms with Gasteiger partial charge in [-0.05, 0) is 35.7 Å². The molecule has 0 bridgehead atoms. The third kappa shape index (κ3) is 4.31. The maximum Gasteiger partial charge on any atom is 0.265 e. The first-order valence-electron chi connectivity index (χ1n) is 7.24. The van der Waals surface area contributed by atoms with Crippen LogP contribution in [0.3, 0.4) is 0 Å². The third-order valence-electron chi connectivity index (χ3n) is 3.31. The fraction of sp³-hybridized carbons (Fsp3) is 0.0556. The zero-order chi connectivity index (χ0) is 17.8. The van der Waals surface area contributed by atoms with E-state index in [1.54, 1.807) is 47.8 Å². The van der Waals surface area contributed by atoms with E-state index in [1.807, 2.05) is 0 Å². The minimum absolute atomic E-state index is 0.169. The molecular weight excluding hydrogens is 384 g/mol. The van der Waals surface area contributed by atoms with Crippen molar-refractivity contribution in [3.8, 4) is 5.75 Å².